The van der Waals surface area contributed by atoms with Crippen molar-refractivity contribution in [3.63, 3.8) is 0 Å². The first-order valence-electron chi connectivity index (χ1n) is 11.3. The number of hydrogen-bond donors (Lipinski definition) is 0. The van der Waals surface area contributed by atoms with Crippen LogP contribution in [-0.4, -0.2) is 54.3 Å². The maximum Gasteiger partial charge on any atom is 0.412 e. The molecule has 0 aliphatic carbocycles. The van der Waals surface area contributed by atoms with Gasteiger partial charge in [-0.3, -0.25) is 13.6 Å². The quantitative estimate of drug-likeness (QED) is 0.0643. The second-order valence-electron chi connectivity index (χ2n) is 9.99. The van der Waals surface area contributed by atoms with E-state index in [1.54, 1.807) is 0 Å². The molecule has 5 nitrogen and oxygen atoms in total. The number of halogens is 6. The van der Waals surface area contributed by atoms with E-state index in [0.29, 0.717) is 0 Å². The number of alkyl halides is 6. The molecule has 0 spiro atoms. The van der Waals surface area contributed by atoms with Gasteiger partial charge in [-0.15, -0.1) is 0 Å². The molecule has 1 unspecified atom stereocenters. The average molecular weight is 591 g/mol. The summed E-state index contributed by atoms with van der Waals surface area (Å²) in [6, 6.07) is 9.44. The van der Waals surface area contributed by atoms with Crippen molar-refractivity contribution in [2.24, 2.45) is 0 Å². The molecule has 1 rings (SSSR count). The molecule has 0 N–H and O–H groups in total. The molecule has 210 valence electrons. The van der Waals surface area contributed by atoms with Crippen LogP contribution in [0.5, 0.6) is 0 Å². The van der Waals surface area contributed by atoms with Crippen molar-refractivity contribution in [2.75, 3.05) is 19.8 Å². The number of rotatable bonds is 12. The highest BCUT2D eigenvalue weighted by Crippen LogP contribution is 2.58. The summed E-state index contributed by atoms with van der Waals surface area (Å²) in [5, 5.41) is -0.307. The topological polar surface area (TPSA) is 61.8 Å². The second kappa shape index (κ2) is 12.5. The van der Waals surface area contributed by atoms with Gasteiger partial charge in [0.25, 0.3) is 0 Å². The Morgan fingerprint density at radius 2 is 1.43 bits per heavy atom. The third-order valence-corrected chi connectivity index (χ3v) is 17.7. The van der Waals surface area contributed by atoms with Crippen molar-refractivity contribution in [3.8, 4) is 0 Å². The van der Waals surface area contributed by atoms with Gasteiger partial charge >= 0.3 is 25.9 Å². The lowest BCUT2D eigenvalue weighted by Gasteiger charge is -2.42. The van der Waals surface area contributed by atoms with Gasteiger partial charge in [0.05, 0.1) is 14.7 Å². The number of benzene rings is 1. The summed E-state index contributed by atoms with van der Waals surface area (Å²) in [5.41, 5.74) is 0.231. The minimum atomic E-state index is -5.46. The predicted molar refractivity (Wildman–Crippen MR) is 136 cm³/mol. The van der Waals surface area contributed by atoms with Crippen LogP contribution in [0.3, 0.4) is 0 Å². The number of carbonyl (C=O) groups is 1. The molecule has 37 heavy (non-hydrogen) atoms. The van der Waals surface area contributed by atoms with Crippen LogP contribution in [0.2, 0.25) is 37.9 Å². The molecule has 14 heteroatoms. The van der Waals surface area contributed by atoms with E-state index in [1.807, 2.05) is 63.1 Å². The summed E-state index contributed by atoms with van der Waals surface area (Å²) >= 11 is 0. The molecule has 0 saturated carbocycles. The highest BCUT2D eigenvalue weighted by atomic mass is 31.2. The summed E-state index contributed by atoms with van der Waals surface area (Å²) in [6.07, 6.45) is -9.18. The van der Waals surface area contributed by atoms with Crippen molar-refractivity contribution in [1.29, 1.82) is 0 Å². The molecule has 0 aliphatic heterocycles. The maximum absolute atomic E-state index is 13.4. The molecule has 0 aliphatic rings. The molecule has 0 heterocycles. The van der Waals surface area contributed by atoms with E-state index >= 15 is 0 Å². The lowest BCUT2D eigenvalue weighted by Crippen LogP contribution is -2.54. The van der Waals surface area contributed by atoms with E-state index in [1.165, 1.54) is 6.92 Å². The number of carbonyl (C=O) groups excluding carboxylic acids is 1. The molecule has 0 aromatic heterocycles. The Bertz CT molecular complexity index is 995. The van der Waals surface area contributed by atoms with E-state index in [0.717, 1.165) is 11.3 Å². The lowest BCUT2D eigenvalue weighted by atomic mass is 10.3. The fourth-order valence-corrected chi connectivity index (χ4v) is 18.7. The molecule has 1 atom stereocenters. The van der Waals surface area contributed by atoms with Crippen LogP contribution in [-0.2, 0) is 23.1 Å². The van der Waals surface area contributed by atoms with E-state index in [-0.39, 0.29) is 17.3 Å². The third-order valence-electron chi connectivity index (χ3n) is 5.37. The van der Waals surface area contributed by atoms with E-state index in [2.05, 4.69) is 15.6 Å². The number of hydrogen-bond acceptors (Lipinski definition) is 5. The van der Waals surface area contributed by atoms with Gasteiger partial charge in [0.1, 0.15) is 5.31 Å². The highest BCUT2D eigenvalue weighted by molar-refractivity contribution is 7.60. The monoisotopic (exact) mass is 590 g/mol. The van der Waals surface area contributed by atoms with Crippen LogP contribution in [0.15, 0.2) is 53.9 Å². The van der Waals surface area contributed by atoms with Crippen LogP contribution in [0.25, 0.3) is 0 Å². The maximum atomic E-state index is 13.4. The molecule has 0 radical (unpaired) electrons. The van der Waals surface area contributed by atoms with Crippen LogP contribution in [0, 0.1) is 0 Å². The normalized spacial score (nSPS) is 14.9. The summed E-state index contributed by atoms with van der Waals surface area (Å²) in [4.78, 5) is 12.8. The van der Waals surface area contributed by atoms with E-state index < -0.39 is 60.6 Å². The Hall–Kier alpha value is -1.67. The first kappa shape index (κ1) is 33.4. The van der Waals surface area contributed by atoms with Gasteiger partial charge in [-0.25, -0.2) is 4.79 Å². The van der Waals surface area contributed by atoms with E-state index in [4.69, 9.17) is 4.74 Å². The van der Waals surface area contributed by atoms with Gasteiger partial charge < -0.3 is 4.74 Å². The zero-order valence-corrected chi connectivity index (χ0v) is 24.5. The zero-order valence-electron chi connectivity index (χ0n) is 21.6. The summed E-state index contributed by atoms with van der Waals surface area (Å²) < 4.78 is 104. The van der Waals surface area contributed by atoms with Crippen LogP contribution in [0.4, 0.5) is 26.3 Å². The molecule has 1 aromatic rings. The van der Waals surface area contributed by atoms with Gasteiger partial charge in [0.2, 0.25) is 0 Å². The predicted octanol–water partition coefficient (Wildman–Crippen LogP) is 7.20. The van der Waals surface area contributed by atoms with Gasteiger partial charge in [0.15, 0.2) is 13.2 Å². The first-order chi connectivity index (χ1) is 16.6. The Morgan fingerprint density at radius 3 is 1.81 bits per heavy atom. The van der Waals surface area contributed by atoms with Crippen molar-refractivity contribution in [2.45, 2.75) is 57.2 Å². The van der Waals surface area contributed by atoms with Crippen molar-refractivity contribution in [3.05, 3.63) is 53.9 Å². The molecule has 0 amide bonds. The lowest BCUT2D eigenvalue weighted by molar-refractivity contribution is -0.165. The molecule has 0 saturated heterocycles. The van der Waals surface area contributed by atoms with Crippen LogP contribution < -0.4 is 5.19 Å². The van der Waals surface area contributed by atoms with Crippen molar-refractivity contribution >= 4 is 34.9 Å². The van der Waals surface area contributed by atoms with Gasteiger partial charge in [-0.1, -0.05) is 80.4 Å². The SMILES string of the molecule is C=C(/C=C(\C(=O)OCC)P(=O)(OCC(F)(F)F)OCC(F)(F)F)C([Si](C)(C)C)[Si](C)(C)c1ccccc1. The zero-order chi connectivity index (χ0) is 28.9. The number of esters is 1. The number of allylic oxidation sites excluding steroid dienone is 2. The highest BCUT2D eigenvalue weighted by Gasteiger charge is 2.47. The largest absolute Gasteiger partial charge is 0.462 e. The van der Waals surface area contributed by atoms with Gasteiger partial charge in [0, 0.05) is 8.07 Å². The first-order valence-corrected chi connectivity index (χ1v) is 19.5. The summed E-state index contributed by atoms with van der Waals surface area (Å²) in [5.74, 6) is -1.41. The average Bonchev–Trinajstić information content (AvgIpc) is 2.73. The Balaban J connectivity index is 3.74. The molecule has 1 aromatic carbocycles. The summed E-state index contributed by atoms with van der Waals surface area (Å²) in [6.45, 7) is 10.9. The van der Waals surface area contributed by atoms with Crippen molar-refractivity contribution in [1.82, 2.24) is 0 Å². The molecular weight excluding hydrogens is 557 g/mol. The standard InChI is InChI=1S/C23H33F6O5PSi2/c1-8-32-20(30)19(35(31,33-15-22(24,25)26)34-16-23(27,28)29)14-17(2)21(36(3,4)5)37(6,7)18-12-10-9-11-13-18/h9-14,21H,2,8,15-16H2,1,3-7H3/b19-14+. The van der Waals surface area contributed by atoms with Crippen LogP contribution in [0.1, 0.15) is 6.92 Å². The summed E-state index contributed by atoms with van der Waals surface area (Å²) in [7, 11) is -10.1. The third kappa shape index (κ3) is 10.2. The fraction of sp³-hybridized carbons (Fsp3) is 0.522. The minimum Gasteiger partial charge on any atom is -0.462 e. The van der Waals surface area contributed by atoms with Gasteiger partial charge in [-0.05, 0) is 18.2 Å². The van der Waals surface area contributed by atoms with E-state index in [9.17, 15) is 35.7 Å². The molecular formula is C23H33F6O5PSi2. The van der Waals surface area contributed by atoms with Crippen molar-refractivity contribution < 1.29 is 49.5 Å². The Kier molecular flexibility index (Phi) is 11.2. The van der Waals surface area contributed by atoms with Crippen LogP contribution >= 0.6 is 7.60 Å². The Morgan fingerprint density at radius 1 is 0.973 bits per heavy atom. The smallest absolute Gasteiger partial charge is 0.412 e. The minimum absolute atomic E-state index is 0.231. The second-order valence-corrected chi connectivity index (χ2v) is 22.5. The number of ether oxygens (including phenoxy) is 1. The molecule has 0 bridgehead atoms. The fourth-order valence-electron chi connectivity index (χ4n) is 4.34. The molecule has 0 fully saturated rings. The Labute approximate surface area is 215 Å². The van der Waals surface area contributed by atoms with Gasteiger partial charge in [-0.2, -0.15) is 26.3 Å².